The molecule has 0 N–H and O–H groups in total. The van der Waals surface area contributed by atoms with Crippen molar-refractivity contribution in [2.45, 2.75) is 20.6 Å². The van der Waals surface area contributed by atoms with Crippen LogP contribution in [0.3, 0.4) is 0 Å². The van der Waals surface area contributed by atoms with Crippen LogP contribution in [-0.4, -0.2) is 0 Å². The number of hydrogen-bond acceptors (Lipinski definition) is 1. The highest BCUT2D eigenvalue weighted by Crippen LogP contribution is 2.39. The molecule has 0 radical (unpaired) electrons. The molecule has 0 bridgehead atoms. The smallest absolute Gasteiger partial charge is 0.216 e. The van der Waals surface area contributed by atoms with E-state index in [4.69, 9.17) is 12.6 Å². The molecule has 0 aliphatic carbocycles. The Morgan fingerprint density at radius 2 is 1.56 bits per heavy atom. The molecule has 0 fully saturated rings. The Labute approximate surface area is 218 Å². The van der Waals surface area contributed by atoms with Crippen LogP contribution in [0.2, 0.25) is 0 Å². The summed E-state index contributed by atoms with van der Waals surface area (Å²) in [6, 6.07) is 24.6. The minimum atomic E-state index is -2.52. The highest BCUT2D eigenvalue weighted by molar-refractivity contribution is 6.09. The van der Waals surface area contributed by atoms with Crippen LogP contribution < -0.4 is 4.57 Å². The Bertz CT molecular complexity index is 1990. The highest BCUT2D eigenvalue weighted by Gasteiger charge is 2.23. The third-order valence-electron chi connectivity index (χ3n) is 6.76. The largest absolute Gasteiger partial charge is 0.455 e. The molecule has 0 unspecified atom stereocenters. The van der Waals surface area contributed by atoms with Crippen LogP contribution in [0.25, 0.3) is 55.4 Å². The molecule has 0 aliphatic heterocycles. The van der Waals surface area contributed by atoms with E-state index in [2.05, 4.69) is 0 Å². The molecule has 4 aromatic carbocycles. The van der Waals surface area contributed by atoms with Gasteiger partial charge in [0.05, 0.1) is 5.56 Å². The zero-order chi connectivity index (χ0) is 30.0. The number of halogens is 1. The van der Waals surface area contributed by atoms with E-state index in [0.29, 0.717) is 33.6 Å². The summed E-state index contributed by atoms with van der Waals surface area (Å²) in [5.74, 6) is -0.411. The molecule has 2 heterocycles. The van der Waals surface area contributed by atoms with E-state index in [1.165, 1.54) is 18.3 Å². The van der Waals surface area contributed by atoms with Crippen molar-refractivity contribution in [2.24, 2.45) is 7.05 Å². The van der Waals surface area contributed by atoms with Gasteiger partial charge >= 0.3 is 0 Å². The summed E-state index contributed by atoms with van der Waals surface area (Å²) in [5, 5.41) is 1.55. The molecular formula is C33H27FNO+. The Morgan fingerprint density at radius 1 is 0.750 bits per heavy atom. The average Bonchev–Trinajstić information content (AvgIpc) is 3.30. The maximum Gasteiger partial charge on any atom is 0.216 e. The number of hydrogen-bond donors (Lipinski definition) is 0. The lowest BCUT2D eigenvalue weighted by Crippen LogP contribution is -2.31. The van der Waals surface area contributed by atoms with Crippen LogP contribution >= 0.6 is 0 Å². The average molecular weight is 479 g/mol. The predicted octanol–water partition coefficient (Wildman–Crippen LogP) is 8.48. The van der Waals surface area contributed by atoms with Gasteiger partial charge < -0.3 is 4.42 Å². The fourth-order valence-electron chi connectivity index (χ4n) is 4.94. The van der Waals surface area contributed by atoms with Crippen LogP contribution in [-0.2, 0) is 7.05 Å². The van der Waals surface area contributed by atoms with E-state index in [0.717, 1.165) is 27.5 Å². The molecular weight excluding hydrogens is 445 g/mol. The summed E-state index contributed by atoms with van der Waals surface area (Å²) < 4.78 is 72.0. The first-order valence-corrected chi connectivity index (χ1v) is 11.7. The van der Waals surface area contributed by atoms with Crippen molar-refractivity contribution < 1.29 is 21.6 Å². The van der Waals surface area contributed by atoms with Gasteiger partial charge in [-0.2, -0.15) is 0 Å². The minimum absolute atomic E-state index is 0.0308. The van der Waals surface area contributed by atoms with Crippen molar-refractivity contribution >= 4 is 21.9 Å². The molecule has 0 aliphatic rings. The first-order chi connectivity index (χ1) is 19.8. The van der Waals surface area contributed by atoms with Gasteiger partial charge in [-0.05, 0) is 66.1 Å². The van der Waals surface area contributed by atoms with Crippen LogP contribution in [0.1, 0.15) is 24.9 Å². The topological polar surface area (TPSA) is 17.0 Å². The SMILES string of the molecule is [2H]C([2H])([2H])c1cc(-c2ccccc2)ccc1-c1cc(-c2c(C)ccc3c2oc2cc(F)ccc23)[n+](C)cc1C([2H])([2H])[2H]. The molecule has 0 amide bonds. The first kappa shape index (κ1) is 16.4. The molecule has 2 nitrogen and oxygen atoms in total. The third kappa shape index (κ3) is 3.59. The van der Waals surface area contributed by atoms with Crippen LogP contribution in [0.5, 0.6) is 0 Å². The number of fused-ring (bicyclic) bond motifs is 3. The quantitative estimate of drug-likeness (QED) is 0.233. The molecule has 0 saturated heterocycles. The summed E-state index contributed by atoms with van der Waals surface area (Å²) in [6.45, 7) is -3.11. The van der Waals surface area contributed by atoms with Gasteiger partial charge in [0.2, 0.25) is 5.69 Å². The second-order valence-corrected chi connectivity index (χ2v) is 9.10. The van der Waals surface area contributed by atoms with Gasteiger partial charge in [0.25, 0.3) is 0 Å². The molecule has 6 rings (SSSR count). The number of benzene rings is 4. The number of nitrogens with zero attached hydrogens (tertiary/aromatic N) is 1. The molecule has 36 heavy (non-hydrogen) atoms. The molecule has 0 saturated carbocycles. The van der Waals surface area contributed by atoms with Gasteiger partial charge in [-0.3, -0.25) is 0 Å². The minimum Gasteiger partial charge on any atom is -0.455 e. The van der Waals surface area contributed by atoms with Gasteiger partial charge in [0.15, 0.2) is 6.20 Å². The summed E-state index contributed by atoms with van der Waals surface area (Å²) in [7, 11) is 1.75. The molecule has 0 spiro atoms. The van der Waals surface area contributed by atoms with Crippen molar-refractivity contribution in [3.05, 3.63) is 114 Å². The lowest BCUT2D eigenvalue weighted by atomic mass is 9.92. The van der Waals surface area contributed by atoms with E-state index >= 15 is 0 Å². The second kappa shape index (κ2) is 8.46. The van der Waals surface area contributed by atoms with Crippen molar-refractivity contribution in [1.82, 2.24) is 0 Å². The number of pyridine rings is 1. The van der Waals surface area contributed by atoms with E-state index in [9.17, 15) is 4.39 Å². The van der Waals surface area contributed by atoms with Gasteiger partial charge in [-0.15, -0.1) is 0 Å². The summed E-state index contributed by atoms with van der Waals surface area (Å²) >= 11 is 0. The summed E-state index contributed by atoms with van der Waals surface area (Å²) in [6.07, 6.45) is 1.53. The number of rotatable bonds is 3. The number of aryl methyl sites for hydroxylation is 4. The third-order valence-corrected chi connectivity index (χ3v) is 6.76. The fraction of sp³-hybridized carbons (Fsp3) is 0.121. The van der Waals surface area contributed by atoms with E-state index in [1.807, 2.05) is 55.5 Å². The van der Waals surface area contributed by atoms with Crippen molar-refractivity contribution in [3.63, 3.8) is 0 Å². The summed E-state index contributed by atoms with van der Waals surface area (Å²) in [5.41, 5.74) is 5.42. The lowest BCUT2D eigenvalue weighted by molar-refractivity contribution is -0.660. The Balaban J connectivity index is 1.66. The number of furan rings is 1. The molecule has 0 atom stereocenters. The maximum atomic E-state index is 14.0. The standard InChI is InChI=1S/C33H27FNO/c1-20-10-13-28-27-15-12-25(34)17-31(27)36-33(28)32(20)30-18-29(22(3)19-35(30)4)26-14-11-24(16-21(26)2)23-8-6-5-7-9-23/h5-19H,1-4H3/q+1/i2D3,3D3. The monoisotopic (exact) mass is 478 g/mol. The highest BCUT2D eigenvalue weighted by atomic mass is 19.1. The Morgan fingerprint density at radius 3 is 2.36 bits per heavy atom. The van der Waals surface area contributed by atoms with Gasteiger partial charge in [-0.25, -0.2) is 8.96 Å². The van der Waals surface area contributed by atoms with E-state index < -0.39 is 19.5 Å². The fourth-order valence-corrected chi connectivity index (χ4v) is 4.94. The van der Waals surface area contributed by atoms with Crippen molar-refractivity contribution in [2.75, 3.05) is 0 Å². The Kier molecular flexibility index (Phi) is 3.86. The zero-order valence-electron chi connectivity index (χ0n) is 25.9. The van der Waals surface area contributed by atoms with Crippen LogP contribution in [0.4, 0.5) is 4.39 Å². The zero-order valence-corrected chi connectivity index (χ0v) is 19.9. The van der Waals surface area contributed by atoms with E-state index in [-0.39, 0.29) is 11.1 Å². The van der Waals surface area contributed by atoms with Gasteiger partial charge in [0, 0.05) is 36.7 Å². The number of aromatic nitrogens is 1. The Hall–Kier alpha value is -4.24. The maximum absolute atomic E-state index is 14.0. The van der Waals surface area contributed by atoms with Gasteiger partial charge in [-0.1, -0.05) is 60.7 Å². The molecule has 2 aromatic heterocycles. The van der Waals surface area contributed by atoms with Crippen molar-refractivity contribution in [1.29, 1.82) is 0 Å². The van der Waals surface area contributed by atoms with Crippen molar-refractivity contribution in [3.8, 4) is 33.5 Å². The molecule has 3 heteroatoms. The molecule has 6 aromatic rings. The van der Waals surface area contributed by atoms with Gasteiger partial charge in [0.1, 0.15) is 24.0 Å². The van der Waals surface area contributed by atoms with Crippen LogP contribution in [0, 0.1) is 26.4 Å². The van der Waals surface area contributed by atoms with Crippen LogP contribution in [0.15, 0.2) is 95.5 Å². The predicted molar refractivity (Wildman–Crippen MR) is 145 cm³/mol. The normalized spacial score (nSPS) is 14.6. The van der Waals surface area contributed by atoms with E-state index in [1.54, 1.807) is 35.9 Å². The lowest BCUT2D eigenvalue weighted by Gasteiger charge is -2.13. The molecule has 176 valence electrons. The first-order valence-electron chi connectivity index (χ1n) is 14.7. The summed E-state index contributed by atoms with van der Waals surface area (Å²) in [4.78, 5) is 0. The second-order valence-electron chi connectivity index (χ2n) is 9.10.